The quantitative estimate of drug-likeness (QED) is 0.571. The smallest absolute Gasteiger partial charge is 0.375 e. The Bertz CT molecular complexity index is 348. The van der Waals surface area contributed by atoms with Gasteiger partial charge < -0.3 is 4.74 Å². The number of ether oxygens (including phenoxy) is 1. The van der Waals surface area contributed by atoms with Crippen LogP contribution >= 0.6 is 0 Å². The minimum atomic E-state index is -0.591. The third-order valence-electron chi connectivity index (χ3n) is 5.05. The molecule has 3 heteroatoms. The molecule has 0 aliphatic heterocycles. The molecule has 0 saturated heterocycles. The fourth-order valence-corrected chi connectivity index (χ4v) is 4.87. The van der Waals surface area contributed by atoms with Gasteiger partial charge in [0.2, 0.25) is 5.78 Å². The maximum atomic E-state index is 12.5. The Hall–Kier alpha value is -0.860. The molecule has 0 heterocycles. The van der Waals surface area contributed by atoms with Gasteiger partial charge in [0.1, 0.15) is 0 Å². The predicted octanol–water partition coefficient (Wildman–Crippen LogP) is 2.72. The molecule has 4 aliphatic carbocycles. The lowest BCUT2D eigenvalue weighted by Crippen LogP contribution is -2.52. The highest BCUT2D eigenvalue weighted by Gasteiger charge is 2.56. The molecule has 0 aromatic carbocycles. The molecule has 0 amide bonds. The van der Waals surface area contributed by atoms with Crippen molar-refractivity contribution in [1.82, 2.24) is 0 Å². The van der Waals surface area contributed by atoms with Crippen LogP contribution < -0.4 is 0 Å². The van der Waals surface area contributed by atoms with Crippen molar-refractivity contribution in [3.05, 3.63) is 0 Å². The lowest BCUT2D eigenvalue weighted by molar-refractivity contribution is -0.168. The number of hydrogen-bond donors (Lipinski definition) is 0. The van der Waals surface area contributed by atoms with E-state index in [1.54, 1.807) is 13.8 Å². The van der Waals surface area contributed by atoms with E-state index in [-0.39, 0.29) is 17.3 Å². The summed E-state index contributed by atoms with van der Waals surface area (Å²) >= 11 is 0. The molecule has 4 fully saturated rings. The summed E-state index contributed by atoms with van der Waals surface area (Å²) in [6.45, 7) is 3.59. The van der Waals surface area contributed by atoms with E-state index in [1.165, 1.54) is 19.3 Å². The van der Waals surface area contributed by atoms with Gasteiger partial charge in [0, 0.05) is 5.41 Å². The van der Waals surface area contributed by atoms with Crippen LogP contribution in [0.5, 0.6) is 0 Å². The molecule has 0 aromatic rings. The molecule has 4 rings (SSSR count). The first kappa shape index (κ1) is 12.2. The Morgan fingerprint density at radius 2 is 1.44 bits per heavy atom. The lowest BCUT2D eigenvalue weighted by Gasteiger charge is -2.55. The van der Waals surface area contributed by atoms with E-state index in [0.29, 0.717) is 17.8 Å². The Labute approximate surface area is 108 Å². The molecule has 100 valence electrons. The second-order valence-electron chi connectivity index (χ2n) is 6.98. The standard InChI is InChI=1S/C15H22O3/c1-9(2)18-14(17)13(16)15-6-10-3-11(7-15)5-12(4-10)8-15/h9-12H,3-8H2,1-2H3. The molecule has 18 heavy (non-hydrogen) atoms. The first-order chi connectivity index (χ1) is 8.48. The fraction of sp³-hybridized carbons (Fsp3) is 0.867. The van der Waals surface area contributed by atoms with Crippen LogP contribution in [0.1, 0.15) is 52.4 Å². The van der Waals surface area contributed by atoms with E-state index in [2.05, 4.69) is 0 Å². The van der Waals surface area contributed by atoms with Crippen molar-refractivity contribution in [1.29, 1.82) is 0 Å². The highest BCUT2D eigenvalue weighted by Crippen LogP contribution is 2.60. The van der Waals surface area contributed by atoms with Crippen LogP contribution in [0.25, 0.3) is 0 Å². The van der Waals surface area contributed by atoms with Crippen molar-refractivity contribution in [2.24, 2.45) is 23.2 Å². The monoisotopic (exact) mass is 250 g/mol. The summed E-state index contributed by atoms with van der Waals surface area (Å²) in [5.41, 5.74) is -0.347. The topological polar surface area (TPSA) is 43.4 Å². The molecule has 0 N–H and O–H groups in total. The van der Waals surface area contributed by atoms with E-state index in [9.17, 15) is 9.59 Å². The molecule has 0 atom stereocenters. The number of esters is 1. The molecule has 0 spiro atoms. The molecule has 0 aromatic heterocycles. The minimum absolute atomic E-state index is 0.199. The average Bonchev–Trinajstić information content (AvgIpc) is 2.25. The molecule has 4 saturated carbocycles. The molecule has 3 nitrogen and oxygen atoms in total. The summed E-state index contributed by atoms with van der Waals surface area (Å²) in [4.78, 5) is 24.4. The number of hydrogen-bond acceptors (Lipinski definition) is 3. The molecular weight excluding hydrogens is 228 g/mol. The number of rotatable bonds is 3. The van der Waals surface area contributed by atoms with Crippen molar-refractivity contribution in [2.45, 2.75) is 58.5 Å². The maximum absolute atomic E-state index is 12.5. The van der Waals surface area contributed by atoms with E-state index in [4.69, 9.17) is 4.74 Å². The van der Waals surface area contributed by atoms with Gasteiger partial charge >= 0.3 is 5.97 Å². The predicted molar refractivity (Wildman–Crippen MR) is 66.8 cm³/mol. The first-order valence-electron chi connectivity index (χ1n) is 7.24. The SMILES string of the molecule is CC(C)OC(=O)C(=O)C12CC3CC(CC(C3)C1)C2. The van der Waals surface area contributed by atoms with Crippen molar-refractivity contribution in [2.75, 3.05) is 0 Å². The number of carbonyl (C=O) groups excluding carboxylic acids is 2. The van der Waals surface area contributed by atoms with Crippen LogP contribution in [0.2, 0.25) is 0 Å². The van der Waals surface area contributed by atoms with Crippen LogP contribution in [-0.4, -0.2) is 17.9 Å². The summed E-state index contributed by atoms with van der Waals surface area (Å²) in [7, 11) is 0. The van der Waals surface area contributed by atoms with Gasteiger partial charge in [-0.25, -0.2) is 4.79 Å². The highest BCUT2D eigenvalue weighted by molar-refractivity contribution is 6.35. The zero-order valence-corrected chi connectivity index (χ0v) is 11.3. The zero-order valence-electron chi connectivity index (χ0n) is 11.3. The third-order valence-corrected chi connectivity index (χ3v) is 5.05. The van der Waals surface area contributed by atoms with Gasteiger partial charge in [-0.1, -0.05) is 0 Å². The summed E-state index contributed by atoms with van der Waals surface area (Å²) in [5.74, 6) is 1.24. The Morgan fingerprint density at radius 3 is 1.83 bits per heavy atom. The van der Waals surface area contributed by atoms with Gasteiger partial charge in [-0.2, -0.15) is 0 Å². The Kier molecular flexibility index (Phi) is 2.76. The molecular formula is C15H22O3. The minimum Gasteiger partial charge on any atom is -0.457 e. The Morgan fingerprint density at radius 1 is 1.00 bits per heavy atom. The van der Waals surface area contributed by atoms with Crippen molar-refractivity contribution in [3.63, 3.8) is 0 Å². The largest absolute Gasteiger partial charge is 0.457 e. The molecule has 0 radical (unpaired) electrons. The Balaban J connectivity index is 1.79. The fourth-order valence-electron chi connectivity index (χ4n) is 4.87. The number of carbonyl (C=O) groups is 2. The first-order valence-corrected chi connectivity index (χ1v) is 7.24. The van der Waals surface area contributed by atoms with E-state index >= 15 is 0 Å². The third kappa shape index (κ3) is 1.88. The lowest BCUT2D eigenvalue weighted by atomic mass is 9.48. The highest BCUT2D eigenvalue weighted by atomic mass is 16.5. The summed E-state index contributed by atoms with van der Waals surface area (Å²) in [5, 5.41) is 0. The van der Waals surface area contributed by atoms with Crippen molar-refractivity contribution >= 4 is 11.8 Å². The zero-order chi connectivity index (χ0) is 12.9. The summed E-state index contributed by atoms with van der Waals surface area (Å²) < 4.78 is 5.11. The van der Waals surface area contributed by atoms with Crippen molar-refractivity contribution < 1.29 is 14.3 Å². The van der Waals surface area contributed by atoms with Gasteiger partial charge in [0.15, 0.2) is 0 Å². The maximum Gasteiger partial charge on any atom is 0.375 e. The van der Waals surface area contributed by atoms with Crippen LogP contribution in [0, 0.1) is 23.2 Å². The number of ketones is 1. The molecule has 4 bridgehead atoms. The van der Waals surface area contributed by atoms with Gasteiger partial charge in [0.05, 0.1) is 6.10 Å². The van der Waals surface area contributed by atoms with E-state index < -0.39 is 5.97 Å². The second-order valence-corrected chi connectivity index (χ2v) is 6.98. The second kappa shape index (κ2) is 4.07. The average molecular weight is 250 g/mol. The van der Waals surface area contributed by atoms with Crippen LogP contribution in [0.3, 0.4) is 0 Å². The van der Waals surface area contributed by atoms with E-state index in [0.717, 1.165) is 19.3 Å². The van der Waals surface area contributed by atoms with Gasteiger partial charge in [0.25, 0.3) is 0 Å². The summed E-state index contributed by atoms with van der Waals surface area (Å²) in [6.07, 6.45) is 6.46. The van der Waals surface area contributed by atoms with Crippen LogP contribution in [0.4, 0.5) is 0 Å². The van der Waals surface area contributed by atoms with Gasteiger partial charge in [-0.15, -0.1) is 0 Å². The molecule has 0 unspecified atom stereocenters. The van der Waals surface area contributed by atoms with Gasteiger partial charge in [-0.05, 0) is 70.1 Å². The van der Waals surface area contributed by atoms with Gasteiger partial charge in [-0.3, -0.25) is 4.79 Å². The molecule has 4 aliphatic rings. The number of Topliss-reactive ketones (excluding diaryl/α,β-unsaturated/α-hetero) is 1. The summed E-state index contributed by atoms with van der Waals surface area (Å²) in [6, 6.07) is 0. The van der Waals surface area contributed by atoms with Crippen molar-refractivity contribution in [3.8, 4) is 0 Å². The van der Waals surface area contributed by atoms with Crippen LogP contribution in [0.15, 0.2) is 0 Å². The van der Waals surface area contributed by atoms with E-state index in [1.807, 2.05) is 0 Å². The van der Waals surface area contributed by atoms with Crippen LogP contribution in [-0.2, 0) is 14.3 Å². The normalized spacial score (nSPS) is 41.2.